The van der Waals surface area contributed by atoms with Gasteiger partial charge in [-0.25, -0.2) is 4.79 Å². The molecule has 1 heterocycles. The molecule has 6 nitrogen and oxygen atoms in total. The Morgan fingerprint density at radius 1 is 1.29 bits per heavy atom. The van der Waals surface area contributed by atoms with Crippen molar-refractivity contribution in [2.24, 2.45) is 0 Å². The van der Waals surface area contributed by atoms with Crippen molar-refractivity contribution in [3.63, 3.8) is 0 Å². The molecule has 0 bridgehead atoms. The van der Waals surface area contributed by atoms with E-state index in [9.17, 15) is 9.59 Å². The van der Waals surface area contributed by atoms with Gasteiger partial charge in [0, 0.05) is 12.7 Å². The number of ether oxygens (including phenoxy) is 1. The number of amides is 3. The minimum atomic E-state index is -0.708. The number of hydrogen-bond acceptors (Lipinski definition) is 4. The highest BCUT2D eigenvalue weighted by Gasteiger charge is 2.35. The van der Waals surface area contributed by atoms with Gasteiger partial charge in [0.25, 0.3) is 5.91 Å². The molecule has 1 fully saturated rings. The zero-order chi connectivity index (χ0) is 12.4. The summed E-state index contributed by atoms with van der Waals surface area (Å²) in [7, 11) is 3.02. The molecule has 1 aliphatic heterocycles. The summed E-state index contributed by atoms with van der Waals surface area (Å²) in [5.41, 5.74) is 0.736. The fraction of sp³-hybridized carbons (Fsp3) is 0.273. The summed E-state index contributed by atoms with van der Waals surface area (Å²) in [4.78, 5) is 23.9. The molecule has 2 N–H and O–H groups in total. The van der Waals surface area contributed by atoms with Crippen LogP contribution in [-0.2, 0) is 4.79 Å². The maximum Gasteiger partial charge on any atom is 0.325 e. The zero-order valence-electron chi connectivity index (χ0n) is 9.56. The van der Waals surface area contributed by atoms with E-state index in [0.29, 0.717) is 0 Å². The van der Waals surface area contributed by atoms with Crippen LogP contribution < -0.4 is 15.4 Å². The molecule has 90 valence electrons. The predicted octanol–water partition coefficient (Wildman–Crippen LogP) is 0.615. The molecule has 1 atom stereocenters. The third kappa shape index (κ3) is 2.15. The van der Waals surface area contributed by atoms with E-state index >= 15 is 0 Å². The Hall–Kier alpha value is -2.24. The molecule has 6 heteroatoms. The fourth-order valence-electron chi connectivity index (χ4n) is 1.53. The minimum Gasteiger partial charge on any atom is -0.497 e. The molecule has 0 spiro atoms. The van der Waals surface area contributed by atoms with E-state index in [4.69, 9.17) is 4.74 Å². The smallest absolute Gasteiger partial charge is 0.325 e. The molecule has 2 rings (SSSR count). The van der Waals surface area contributed by atoms with Crippen molar-refractivity contribution in [3.8, 4) is 5.75 Å². The molecular weight excluding hydrogens is 222 g/mol. The van der Waals surface area contributed by atoms with E-state index in [0.717, 1.165) is 16.3 Å². The largest absolute Gasteiger partial charge is 0.497 e. The number of nitrogens with zero attached hydrogens (tertiary/aromatic N) is 1. The average Bonchev–Trinajstić information content (AvgIpc) is 2.58. The molecule has 1 aliphatic rings. The van der Waals surface area contributed by atoms with Gasteiger partial charge in [0.15, 0.2) is 6.17 Å². The molecule has 3 amide bonds. The summed E-state index contributed by atoms with van der Waals surface area (Å²) < 4.78 is 5.02. The number of urea groups is 1. The number of likely N-dealkylation sites (N-methyl/N-ethyl adjacent to an activating group) is 1. The Morgan fingerprint density at radius 3 is 2.41 bits per heavy atom. The minimum absolute atomic E-state index is 0.300. The monoisotopic (exact) mass is 235 g/mol. The molecular formula is C11H13N3O3. The first kappa shape index (κ1) is 11.3. The summed E-state index contributed by atoms with van der Waals surface area (Å²) in [6, 6.07) is 6.69. The van der Waals surface area contributed by atoms with Crippen LogP contribution in [0.2, 0.25) is 0 Å². The van der Waals surface area contributed by atoms with Crippen molar-refractivity contribution in [1.82, 2.24) is 10.2 Å². The number of carbonyl (C=O) groups excluding carboxylic acids is 2. The van der Waals surface area contributed by atoms with Gasteiger partial charge in [0.05, 0.1) is 7.11 Å². The van der Waals surface area contributed by atoms with Gasteiger partial charge in [-0.05, 0) is 24.3 Å². The lowest BCUT2D eigenvalue weighted by Gasteiger charge is -2.12. The van der Waals surface area contributed by atoms with Crippen LogP contribution in [0.1, 0.15) is 0 Å². The number of nitrogens with one attached hydrogen (secondary N) is 2. The predicted molar refractivity (Wildman–Crippen MR) is 61.7 cm³/mol. The standard InChI is InChI=1S/C11H13N3O3/c1-14-10(15)9(13-11(14)16)12-7-3-5-8(17-2)6-4-7/h3-6,9,12H,1-2H3,(H,13,16). The van der Waals surface area contributed by atoms with Crippen LogP contribution in [0, 0.1) is 0 Å². The summed E-state index contributed by atoms with van der Waals surface area (Å²) in [5.74, 6) is 0.431. The SMILES string of the molecule is COc1ccc(NC2NC(=O)N(C)C2=O)cc1. The molecule has 0 aromatic heterocycles. The van der Waals surface area contributed by atoms with Gasteiger partial charge in [-0.15, -0.1) is 0 Å². The average molecular weight is 235 g/mol. The van der Waals surface area contributed by atoms with Gasteiger partial charge >= 0.3 is 6.03 Å². The molecule has 1 saturated heterocycles. The van der Waals surface area contributed by atoms with Crippen LogP contribution in [0.15, 0.2) is 24.3 Å². The number of hydrogen-bond donors (Lipinski definition) is 2. The van der Waals surface area contributed by atoms with E-state index in [-0.39, 0.29) is 5.91 Å². The molecule has 0 radical (unpaired) electrons. The lowest BCUT2D eigenvalue weighted by molar-refractivity contribution is -0.125. The van der Waals surface area contributed by atoms with Gasteiger partial charge in [-0.3, -0.25) is 9.69 Å². The lowest BCUT2D eigenvalue weighted by atomic mass is 10.3. The normalized spacial score (nSPS) is 19.2. The number of benzene rings is 1. The van der Waals surface area contributed by atoms with E-state index in [1.54, 1.807) is 31.4 Å². The molecule has 0 aliphatic carbocycles. The first-order valence-electron chi connectivity index (χ1n) is 5.10. The summed E-state index contributed by atoms with van der Waals surface area (Å²) in [5, 5.41) is 5.45. The zero-order valence-corrected chi connectivity index (χ0v) is 9.56. The second kappa shape index (κ2) is 4.32. The van der Waals surface area contributed by atoms with Crippen LogP contribution in [0.5, 0.6) is 5.75 Å². The highest BCUT2D eigenvalue weighted by Crippen LogP contribution is 2.16. The number of carbonyl (C=O) groups is 2. The third-order valence-electron chi connectivity index (χ3n) is 2.55. The van der Waals surface area contributed by atoms with Crippen molar-refractivity contribution in [2.75, 3.05) is 19.5 Å². The van der Waals surface area contributed by atoms with Crippen LogP contribution in [-0.4, -0.2) is 37.2 Å². The Bertz CT molecular complexity index is 444. The van der Waals surface area contributed by atoms with E-state index in [1.165, 1.54) is 7.05 Å². The number of anilines is 1. The van der Waals surface area contributed by atoms with Crippen molar-refractivity contribution in [2.45, 2.75) is 6.17 Å². The highest BCUT2D eigenvalue weighted by atomic mass is 16.5. The molecule has 1 unspecified atom stereocenters. The molecule has 1 aromatic rings. The second-order valence-corrected chi connectivity index (χ2v) is 3.65. The van der Waals surface area contributed by atoms with Crippen molar-refractivity contribution < 1.29 is 14.3 Å². The Balaban J connectivity index is 2.06. The quantitative estimate of drug-likeness (QED) is 0.753. The molecule has 17 heavy (non-hydrogen) atoms. The Morgan fingerprint density at radius 2 is 1.94 bits per heavy atom. The van der Waals surface area contributed by atoms with E-state index in [1.807, 2.05) is 0 Å². The van der Waals surface area contributed by atoms with Gasteiger partial charge < -0.3 is 15.4 Å². The van der Waals surface area contributed by atoms with Crippen molar-refractivity contribution >= 4 is 17.6 Å². The maximum absolute atomic E-state index is 11.6. The van der Waals surface area contributed by atoms with Gasteiger partial charge in [0.2, 0.25) is 0 Å². The Kier molecular flexibility index (Phi) is 2.86. The summed E-state index contributed by atoms with van der Waals surface area (Å²) in [6.07, 6.45) is -0.708. The summed E-state index contributed by atoms with van der Waals surface area (Å²) in [6.45, 7) is 0. The first-order chi connectivity index (χ1) is 8.11. The van der Waals surface area contributed by atoms with Gasteiger partial charge in [0.1, 0.15) is 5.75 Å². The maximum atomic E-state index is 11.6. The lowest BCUT2D eigenvalue weighted by Crippen LogP contribution is -2.36. The van der Waals surface area contributed by atoms with E-state index in [2.05, 4.69) is 10.6 Å². The second-order valence-electron chi connectivity index (χ2n) is 3.65. The topological polar surface area (TPSA) is 70.7 Å². The van der Waals surface area contributed by atoms with E-state index < -0.39 is 12.2 Å². The number of methoxy groups -OCH3 is 1. The van der Waals surface area contributed by atoms with Gasteiger partial charge in [-0.2, -0.15) is 0 Å². The summed E-state index contributed by atoms with van der Waals surface area (Å²) >= 11 is 0. The number of imide groups is 1. The first-order valence-corrected chi connectivity index (χ1v) is 5.10. The van der Waals surface area contributed by atoms with Crippen LogP contribution in [0.4, 0.5) is 10.5 Å². The third-order valence-corrected chi connectivity index (χ3v) is 2.55. The molecule has 1 aromatic carbocycles. The van der Waals surface area contributed by atoms with Crippen molar-refractivity contribution in [1.29, 1.82) is 0 Å². The van der Waals surface area contributed by atoms with Gasteiger partial charge in [-0.1, -0.05) is 0 Å². The van der Waals surface area contributed by atoms with Crippen molar-refractivity contribution in [3.05, 3.63) is 24.3 Å². The number of rotatable bonds is 3. The fourth-order valence-corrected chi connectivity index (χ4v) is 1.53. The highest BCUT2D eigenvalue weighted by molar-refractivity contribution is 6.04. The molecule has 0 saturated carbocycles. The van der Waals surface area contributed by atoms with Crippen LogP contribution in [0.25, 0.3) is 0 Å². The van der Waals surface area contributed by atoms with Crippen LogP contribution in [0.3, 0.4) is 0 Å². The van der Waals surface area contributed by atoms with Crippen LogP contribution >= 0.6 is 0 Å². The Labute approximate surface area is 98.5 Å².